The third-order valence-electron chi connectivity index (χ3n) is 7.47. The molecule has 2 aromatic heterocycles. The molecule has 0 N–H and O–H groups in total. The summed E-state index contributed by atoms with van der Waals surface area (Å²) in [6.45, 7) is 3.32. The molecule has 0 unspecified atom stereocenters. The van der Waals surface area contributed by atoms with Crippen LogP contribution in [-0.2, 0) is 17.9 Å². The summed E-state index contributed by atoms with van der Waals surface area (Å²) in [5, 5.41) is 9.87. The van der Waals surface area contributed by atoms with Crippen LogP contribution < -0.4 is 4.90 Å². The molecule has 0 atom stereocenters. The van der Waals surface area contributed by atoms with E-state index in [0.717, 1.165) is 54.6 Å². The van der Waals surface area contributed by atoms with Gasteiger partial charge in [0.1, 0.15) is 17.5 Å². The Morgan fingerprint density at radius 2 is 1.97 bits per heavy atom. The van der Waals surface area contributed by atoms with E-state index in [-0.39, 0.29) is 17.1 Å². The molecule has 2 fully saturated rings. The summed E-state index contributed by atoms with van der Waals surface area (Å²) in [5.41, 5.74) is 2.36. The highest BCUT2D eigenvalue weighted by Crippen LogP contribution is 2.56. The van der Waals surface area contributed by atoms with Crippen molar-refractivity contribution >= 4 is 23.3 Å². The number of rotatable bonds is 4. The molecule has 4 heterocycles. The molecule has 2 aliphatic heterocycles. The largest absolute Gasteiger partial charge is 0.355 e. The van der Waals surface area contributed by atoms with Crippen molar-refractivity contribution < 1.29 is 9.18 Å². The Morgan fingerprint density at radius 3 is 2.69 bits per heavy atom. The van der Waals surface area contributed by atoms with E-state index in [1.54, 1.807) is 25.1 Å². The van der Waals surface area contributed by atoms with Crippen LogP contribution in [0, 0.1) is 11.2 Å². The number of hydrogen-bond donors (Lipinski definition) is 0. The minimum atomic E-state index is -0.314. The Balaban J connectivity index is 1.23. The van der Waals surface area contributed by atoms with E-state index >= 15 is 0 Å². The van der Waals surface area contributed by atoms with Crippen molar-refractivity contribution in [2.24, 2.45) is 5.41 Å². The second-order valence-electron chi connectivity index (χ2n) is 10.3. The number of hydrogen-bond acceptors (Lipinski definition) is 6. The van der Waals surface area contributed by atoms with Gasteiger partial charge < -0.3 is 9.80 Å². The lowest BCUT2D eigenvalue weighted by molar-refractivity contribution is -0.130. The average molecular weight is 496 g/mol. The van der Waals surface area contributed by atoms with Crippen molar-refractivity contribution in [3.05, 3.63) is 64.6 Å². The fourth-order valence-electron chi connectivity index (χ4n) is 5.71. The molecule has 0 radical (unpaired) electrons. The standard InChI is InChI=1S/C25H27ClFN7O/c1-31(2)23(35)13-32-11-16-7-18(26)3-5-20(16)34-22(12-32)29-30-24(34)17-8-25(9-17)14-33(15-25)21-6-4-19(27)10-28-21/h3-7,10,17H,8-9,11-15H2,1-2H3. The van der Waals surface area contributed by atoms with Gasteiger partial charge in [-0.2, -0.15) is 0 Å². The number of amides is 1. The number of nitrogens with zero attached hydrogens (tertiary/aromatic N) is 7. The molecule has 1 amide bonds. The summed E-state index contributed by atoms with van der Waals surface area (Å²) in [7, 11) is 3.54. The zero-order valence-electron chi connectivity index (χ0n) is 19.8. The van der Waals surface area contributed by atoms with Crippen LogP contribution in [0.4, 0.5) is 10.2 Å². The van der Waals surface area contributed by atoms with Crippen LogP contribution in [-0.4, -0.2) is 69.2 Å². The molecule has 1 saturated heterocycles. The van der Waals surface area contributed by atoms with Gasteiger partial charge in [0, 0.05) is 50.1 Å². The molecular weight excluding hydrogens is 469 g/mol. The molecule has 182 valence electrons. The number of fused-ring (bicyclic) bond motifs is 3. The molecule has 3 aromatic rings. The molecule has 35 heavy (non-hydrogen) atoms. The van der Waals surface area contributed by atoms with Gasteiger partial charge in [0.2, 0.25) is 5.91 Å². The van der Waals surface area contributed by atoms with Gasteiger partial charge in [-0.05, 0) is 48.7 Å². The topological polar surface area (TPSA) is 70.4 Å². The van der Waals surface area contributed by atoms with E-state index in [0.29, 0.717) is 30.6 Å². The van der Waals surface area contributed by atoms with Crippen molar-refractivity contribution in [2.45, 2.75) is 31.8 Å². The summed E-state index contributed by atoms with van der Waals surface area (Å²) >= 11 is 6.35. The fourth-order valence-corrected chi connectivity index (χ4v) is 5.90. The third kappa shape index (κ3) is 3.96. The highest BCUT2D eigenvalue weighted by Gasteiger charge is 2.54. The minimum absolute atomic E-state index is 0.0490. The Hall–Kier alpha value is -3.04. The number of anilines is 1. The predicted molar refractivity (Wildman–Crippen MR) is 130 cm³/mol. The van der Waals surface area contributed by atoms with Crippen molar-refractivity contribution in [3.8, 4) is 5.69 Å². The summed E-state index contributed by atoms with van der Waals surface area (Å²) in [4.78, 5) is 22.5. The molecule has 1 spiro atoms. The number of aromatic nitrogens is 4. The highest BCUT2D eigenvalue weighted by molar-refractivity contribution is 6.30. The van der Waals surface area contributed by atoms with Gasteiger partial charge in [-0.1, -0.05) is 11.6 Å². The zero-order chi connectivity index (χ0) is 24.3. The van der Waals surface area contributed by atoms with E-state index in [4.69, 9.17) is 11.6 Å². The van der Waals surface area contributed by atoms with Gasteiger partial charge in [0.15, 0.2) is 5.82 Å². The van der Waals surface area contributed by atoms with Crippen LogP contribution in [0.25, 0.3) is 5.69 Å². The normalized spacial score (nSPS) is 18.9. The summed E-state index contributed by atoms with van der Waals surface area (Å²) in [6.07, 6.45) is 3.34. The monoisotopic (exact) mass is 495 g/mol. The number of likely N-dealkylation sites (N-methyl/N-ethyl adjacent to an activating group) is 1. The average Bonchev–Trinajstić information content (AvgIpc) is 3.09. The highest BCUT2D eigenvalue weighted by atomic mass is 35.5. The molecule has 10 heteroatoms. The lowest BCUT2D eigenvalue weighted by Gasteiger charge is -2.59. The molecule has 8 nitrogen and oxygen atoms in total. The number of halogens is 2. The van der Waals surface area contributed by atoms with Gasteiger partial charge in [-0.25, -0.2) is 9.37 Å². The van der Waals surface area contributed by atoms with Crippen LogP contribution in [0.2, 0.25) is 5.02 Å². The van der Waals surface area contributed by atoms with E-state index in [2.05, 4.69) is 29.5 Å². The first-order valence-electron chi connectivity index (χ1n) is 11.8. The number of carbonyl (C=O) groups excluding carboxylic acids is 1. The van der Waals surface area contributed by atoms with Gasteiger partial charge >= 0.3 is 0 Å². The molecular formula is C25H27ClFN7O. The quantitative estimate of drug-likeness (QED) is 0.553. The van der Waals surface area contributed by atoms with Crippen molar-refractivity contribution in [1.29, 1.82) is 0 Å². The Labute approximate surface area is 208 Å². The van der Waals surface area contributed by atoms with Crippen LogP contribution in [0.5, 0.6) is 0 Å². The molecule has 1 saturated carbocycles. The summed E-state index contributed by atoms with van der Waals surface area (Å²) < 4.78 is 15.4. The minimum Gasteiger partial charge on any atom is -0.355 e. The van der Waals surface area contributed by atoms with Crippen molar-refractivity contribution in [1.82, 2.24) is 29.5 Å². The number of carbonyl (C=O) groups is 1. The second kappa shape index (κ2) is 8.27. The van der Waals surface area contributed by atoms with Crippen LogP contribution in [0.3, 0.4) is 0 Å². The Bertz CT molecular complexity index is 1280. The predicted octanol–water partition coefficient (Wildman–Crippen LogP) is 3.24. The van der Waals surface area contributed by atoms with Gasteiger partial charge in [0.25, 0.3) is 0 Å². The van der Waals surface area contributed by atoms with E-state index in [1.807, 2.05) is 18.2 Å². The molecule has 3 aliphatic rings. The Kier molecular flexibility index (Phi) is 5.30. The summed E-state index contributed by atoms with van der Waals surface area (Å²) in [5.74, 6) is 2.71. The molecule has 1 aliphatic carbocycles. The maximum absolute atomic E-state index is 13.2. The van der Waals surface area contributed by atoms with Crippen LogP contribution in [0.1, 0.15) is 36.0 Å². The number of benzene rings is 1. The first-order valence-corrected chi connectivity index (χ1v) is 12.2. The molecule has 6 rings (SSSR count). The maximum Gasteiger partial charge on any atom is 0.236 e. The lowest BCUT2D eigenvalue weighted by atomic mass is 9.57. The van der Waals surface area contributed by atoms with Gasteiger partial charge in [-0.3, -0.25) is 14.3 Å². The lowest BCUT2D eigenvalue weighted by Crippen LogP contribution is -2.62. The van der Waals surface area contributed by atoms with Crippen LogP contribution in [0.15, 0.2) is 36.5 Å². The van der Waals surface area contributed by atoms with Crippen LogP contribution >= 0.6 is 11.6 Å². The number of pyridine rings is 1. The smallest absolute Gasteiger partial charge is 0.236 e. The third-order valence-corrected chi connectivity index (χ3v) is 7.70. The van der Waals surface area contributed by atoms with Crippen molar-refractivity contribution in [2.75, 3.05) is 38.6 Å². The fraction of sp³-hybridized carbons (Fsp3) is 0.440. The maximum atomic E-state index is 13.2. The Morgan fingerprint density at radius 1 is 1.17 bits per heavy atom. The van der Waals surface area contributed by atoms with Crippen molar-refractivity contribution in [3.63, 3.8) is 0 Å². The summed E-state index contributed by atoms with van der Waals surface area (Å²) in [6, 6.07) is 9.11. The first-order chi connectivity index (χ1) is 16.8. The van der Waals surface area contributed by atoms with E-state index in [1.165, 1.54) is 12.3 Å². The van der Waals surface area contributed by atoms with E-state index in [9.17, 15) is 9.18 Å². The second-order valence-corrected chi connectivity index (χ2v) is 10.7. The van der Waals surface area contributed by atoms with Gasteiger partial charge in [0.05, 0.1) is 25.0 Å². The zero-order valence-corrected chi connectivity index (χ0v) is 20.5. The van der Waals surface area contributed by atoms with E-state index < -0.39 is 0 Å². The molecule has 0 bridgehead atoms. The molecule has 1 aromatic carbocycles. The SMILES string of the molecule is CN(C)C(=O)CN1Cc2cc(Cl)ccc2-n2c(nnc2C2CC3(C2)CN(c2ccc(F)cn2)C3)C1. The first kappa shape index (κ1) is 22.4. The van der Waals surface area contributed by atoms with Gasteiger partial charge in [-0.15, -0.1) is 10.2 Å².